The summed E-state index contributed by atoms with van der Waals surface area (Å²) in [6.07, 6.45) is 16.5. The molecule has 1 saturated carbocycles. The third kappa shape index (κ3) is 5.72. The zero-order valence-corrected chi connectivity index (χ0v) is 25.2. The molecule has 2 fully saturated rings. The van der Waals surface area contributed by atoms with Gasteiger partial charge < -0.3 is 14.2 Å². The van der Waals surface area contributed by atoms with Crippen LogP contribution < -0.4 is 9.44 Å². The van der Waals surface area contributed by atoms with Gasteiger partial charge in [0.15, 0.2) is 0 Å². The number of hydrogen-bond donors (Lipinski definition) is 2. The molecule has 2 aliphatic heterocycles. The van der Waals surface area contributed by atoms with Crippen molar-refractivity contribution in [3.63, 3.8) is 0 Å². The number of fused-ring (bicyclic) bond motifs is 5. The predicted molar refractivity (Wildman–Crippen MR) is 162 cm³/mol. The first-order valence-electron chi connectivity index (χ1n) is 15.1. The van der Waals surface area contributed by atoms with Crippen LogP contribution in [0.5, 0.6) is 0 Å². The van der Waals surface area contributed by atoms with Gasteiger partial charge in [0.05, 0.1) is 19.8 Å². The molecule has 0 spiro atoms. The second-order valence-electron chi connectivity index (χ2n) is 12.1. The van der Waals surface area contributed by atoms with Crippen LogP contribution in [-0.4, -0.2) is 62.0 Å². The van der Waals surface area contributed by atoms with E-state index in [0.29, 0.717) is 38.8 Å². The Morgan fingerprint density at radius 1 is 1.02 bits per heavy atom. The van der Waals surface area contributed by atoms with Gasteiger partial charge in [-0.3, -0.25) is 9.59 Å². The van der Waals surface area contributed by atoms with Gasteiger partial charge in [0.2, 0.25) is 0 Å². The summed E-state index contributed by atoms with van der Waals surface area (Å²) >= 11 is 0. The highest BCUT2D eigenvalue weighted by molar-refractivity contribution is 7.88. The molecule has 0 radical (unpaired) electrons. The number of allylic oxidation sites excluding steroid dienone is 5. The minimum absolute atomic E-state index is 0.0219. The number of nitrogens with one attached hydrogen (secondary N) is 2. The second kappa shape index (κ2) is 11.8. The van der Waals surface area contributed by atoms with Crippen molar-refractivity contribution in [2.75, 3.05) is 26.3 Å². The highest BCUT2D eigenvalue weighted by Gasteiger charge is 2.36. The molecule has 42 heavy (non-hydrogen) atoms. The topological polar surface area (TPSA) is 110 Å². The van der Waals surface area contributed by atoms with E-state index in [1.165, 1.54) is 30.5 Å². The predicted octanol–water partition coefficient (Wildman–Crippen LogP) is 4.29. The number of carbonyl (C=O) groups excluding carboxylic acids is 2. The fourth-order valence-electron chi connectivity index (χ4n) is 7.03. The first-order valence-corrected chi connectivity index (χ1v) is 16.6. The lowest BCUT2D eigenvalue weighted by atomic mass is 9.77. The summed E-state index contributed by atoms with van der Waals surface area (Å²) in [6, 6.07) is 5.14. The Morgan fingerprint density at radius 3 is 2.50 bits per heavy atom. The molecule has 2 atom stereocenters. The highest BCUT2D eigenvalue weighted by Crippen LogP contribution is 2.47. The van der Waals surface area contributed by atoms with Crippen molar-refractivity contribution in [2.45, 2.75) is 70.4 Å². The third-order valence-electron chi connectivity index (χ3n) is 8.83. The van der Waals surface area contributed by atoms with Crippen LogP contribution in [0.2, 0.25) is 0 Å². The van der Waals surface area contributed by atoms with Crippen molar-refractivity contribution in [2.24, 2.45) is 5.92 Å². The second-order valence-corrected chi connectivity index (χ2v) is 13.6. The standard InChI is InChI=1S/C32H40N4O5S/c1-21(2)33-42(39,40)34-31(37)24-12-13-27-28(19-24)36-20-25(32(38)35-14-16-41-17-15-35)18-23-10-6-7-11-26(23)30(36)29(27)22-8-4-3-5-9-22/h6-7,10-13,18-19,21-23,26,33H,3-5,8-9,14-17,20H2,1-2H3,(H,34,37). The van der Waals surface area contributed by atoms with E-state index in [1.807, 2.05) is 11.0 Å². The van der Waals surface area contributed by atoms with Crippen LogP contribution in [0, 0.1) is 5.92 Å². The largest absolute Gasteiger partial charge is 0.378 e. The van der Waals surface area contributed by atoms with Gasteiger partial charge in [-0.15, -0.1) is 0 Å². The minimum atomic E-state index is -4.01. The van der Waals surface area contributed by atoms with E-state index in [2.05, 4.69) is 44.4 Å². The lowest BCUT2D eigenvalue weighted by molar-refractivity contribution is -0.131. The number of amides is 2. The van der Waals surface area contributed by atoms with Gasteiger partial charge in [0, 0.05) is 58.7 Å². The van der Waals surface area contributed by atoms with Crippen molar-refractivity contribution in [1.29, 1.82) is 0 Å². The van der Waals surface area contributed by atoms with Crippen molar-refractivity contribution < 1.29 is 22.7 Å². The molecule has 2 amide bonds. The summed E-state index contributed by atoms with van der Waals surface area (Å²) in [5.41, 5.74) is 4.37. The highest BCUT2D eigenvalue weighted by atomic mass is 32.2. The van der Waals surface area contributed by atoms with Gasteiger partial charge >= 0.3 is 10.2 Å². The zero-order valence-electron chi connectivity index (χ0n) is 24.3. The number of nitrogens with zero attached hydrogens (tertiary/aromatic N) is 2. The molecule has 0 bridgehead atoms. The Kier molecular flexibility index (Phi) is 8.13. The fraction of sp³-hybridized carbons (Fsp3) is 0.500. The average molecular weight is 593 g/mol. The Labute approximate surface area is 247 Å². The van der Waals surface area contributed by atoms with E-state index in [-0.39, 0.29) is 29.3 Å². The molecule has 6 rings (SSSR count). The van der Waals surface area contributed by atoms with E-state index in [4.69, 9.17) is 4.74 Å². The molecule has 2 N–H and O–H groups in total. The SMILES string of the molecule is CC(C)NS(=O)(=O)NC(=O)c1ccc2c(C3CCCCC3)c3n(c2c1)CC(C(=O)N1CCOCC1)=CC1C=CC=CC31. The van der Waals surface area contributed by atoms with E-state index in [9.17, 15) is 18.0 Å². The quantitative estimate of drug-likeness (QED) is 0.520. The van der Waals surface area contributed by atoms with Crippen molar-refractivity contribution >= 4 is 32.9 Å². The molecule has 9 nitrogen and oxygen atoms in total. The van der Waals surface area contributed by atoms with Crippen LogP contribution in [0.1, 0.15) is 79.4 Å². The molecule has 3 heterocycles. The van der Waals surface area contributed by atoms with Crippen LogP contribution >= 0.6 is 0 Å². The monoisotopic (exact) mass is 592 g/mol. The van der Waals surface area contributed by atoms with Gasteiger partial charge in [0.1, 0.15) is 0 Å². The average Bonchev–Trinajstić information content (AvgIpc) is 3.19. The van der Waals surface area contributed by atoms with Crippen LogP contribution in [-0.2, 0) is 26.3 Å². The van der Waals surface area contributed by atoms with Gasteiger partial charge in [0.25, 0.3) is 11.8 Å². The van der Waals surface area contributed by atoms with Crippen LogP contribution in [0.4, 0.5) is 0 Å². The summed E-state index contributed by atoms with van der Waals surface area (Å²) in [5.74, 6) is -0.176. The smallest absolute Gasteiger partial charge is 0.301 e. The van der Waals surface area contributed by atoms with Gasteiger partial charge in [-0.25, -0.2) is 4.72 Å². The Bertz CT molecular complexity index is 1570. The number of morpholine rings is 1. The maximum atomic E-state index is 13.9. The number of carbonyl (C=O) groups is 2. The number of rotatable bonds is 6. The number of aromatic nitrogens is 1. The van der Waals surface area contributed by atoms with Gasteiger partial charge in [-0.2, -0.15) is 13.1 Å². The van der Waals surface area contributed by atoms with Crippen LogP contribution in [0.15, 0.2) is 54.2 Å². The molecular weight excluding hydrogens is 552 g/mol. The molecule has 2 aromatic rings. The van der Waals surface area contributed by atoms with Gasteiger partial charge in [-0.1, -0.05) is 55.7 Å². The molecule has 224 valence electrons. The molecule has 1 aromatic heterocycles. The van der Waals surface area contributed by atoms with Gasteiger partial charge in [-0.05, 0) is 50.3 Å². The molecule has 2 unspecified atom stereocenters. The summed E-state index contributed by atoms with van der Waals surface area (Å²) in [5, 5.41) is 1.08. The first kappa shape index (κ1) is 28.9. The van der Waals surface area contributed by atoms with E-state index >= 15 is 0 Å². The summed E-state index contributed by atoms with van der Waals surface area (Å²) in [6.45, 7) is 5.98. The molecule has 4 aliphatic rings. The third-order valence-corrected chi connectivity index (χ3v) is 10.1. The summed E-state index contributed by atoms with van der Waals surface area (Å²) in [7, 11) is -4.01. The number of ether oxygens (including phenoxy) is 1. The maximum absolute atomic E-state index is 13.9. The number of hydrogen-bond acceptors (Lipinski definition) is 5. The van der Waals surface area contributed by atoms with Crippen LogP contribution in [0.25, 0.3) is 10.9 Å². The molecule has 2 aliphatic carbocycles. The zero-order chi connectivity index (χ0) is 29.4. The maximum Gasteiger partial charge on any atom is 0.301 e. The molecule has 10 heteroatoms. The molecular formula is C32H40N4O5S. The Balaban J connectivity index is 1.48. The minimum Gasteiger partial charge on any atom is -0.378 e. The van der Waals surface area contributed by atoms with E-state index in [1.54, 1.807) is 26.0 Å². The van der Waals surface area contributed by atoms with Crippen molar-refractivity contribution in [1.82, 2.24) is 18.9 Å². The first-order chi connectivity index (χ1) is 20.2. The molecule has 1 aromatic carbocycles. The van der Waals surface area contributed by atoms with E-state index < -0.39 is 16.1 Å². The van der Waals surface area contributed by atoms with Crippen LogP contribution in [0.3, 0.4) is 0 Å². The van der Waals surface area contributed by atoms with E-state index in [0.717, 1.165) is 29.3 Å². The summed E-state index contributed by atoms with van der Waals surface area (Å²) in [4.78, 5) is 28.9. The lowest BCUT2D eigenvalue weighted by Gasteiger charge is -2.28. The van der Waals surface area contributed by atoms with Crippen molar-refractivity contribution in [3.8, 4) is 0 Å². The Hall–Kier alpha value is -3.21. The number of benzene rings is 1. The molecule has 1 saturated heterocycles. The normalized spacial score (nSPS) is 22.9. The lowest BCUT2D eigenvalue weighted by Crippen LogP contribution is -2.43. The fourth-order valence-corrected chi connectivity index (χ4v) is 8.07. The Morgan fingerprint density at radius 2 is 1.76 bits per heavy atom. The van der Waals surface area contributed by atoms with Crippen molar-refractivity contribution in [3.05, 3.63) is 71.0 Å². The summed E-state index contributed by atoms with van der Waals surface area (Å²) < 4.78 is 37.3.